The minimum Gasteiger partial charge on any atom is -0.331 e. The van der Waals surface area contributed by atoms with Crippen molar-refractivity contribution in [2.24, 2.45) is 11.7 Å². The quantitative estimate of drug-likeness (QED) is 0.546. The van der Waals surface area contributed by atoms with Gasteiger partial charge in [0.2, 0.25) is 5.91 Å². The molecule has 2 aliphatic rings. The number of carbonyl (C=O) groups is 1. The lowest BCUT2D eigenvalue weighted by Crippen LogP contribution is -2.44. The third-order valence-corrected chi connectivity index (χ3v) is 6.52. The lowest BCUT2D eigenvalue weighted by Gasteiger charge is -2.31. The van der Waals surface area contributed by atoms with Crippen molar-refractivity contribution in [1.29, 1.82) is 0 Å². The normalized spacial score (nSPS) is 24.0. The maximum atomic E-state index is 12.3. The van der Waals surface area contributed by atoms with E-state index < -0.39 is 0 Å². The number of nitro groups is 1. The number of benzene rings is 1. The fraction of sp³-hybridized carbons (Fsp3) is 0.632. The van der Waals surface area contributed by atoms with E-state index in [2.05, 4.69) is 5.32 Å². The summed E-state index contributed by atoms with van der Waals surface area (Å²) in [5, 5.41) is 14.2. The summed E-state index contributed by atoms with van der Waals surface area (Å²) in [7, 11) is 0. The van der Waals surface area contributed by atoms with E-state index in [9.17, 15) is 14.9 Å². The second-order valence-corrected chi connectivity index (χ2v) is 8.58. The topological polar surface area (TPSA) is 101 Å². The van der Waals surface area contributed by atoms with E-state index in [0.717, 1.165) is 62.4 Å². The number of nitrogens with zero attached hydrogens (tertiary/aromatic N) is 2. The highest BCUT2D eigenvalue weighted by Crippen LogP contribution is 2.28. The lowest BCUT2D eigenvalue weighted by atomic mass is 9.82. The predicted octanol–water partition coefficient (Wildman–Crippen LogP) is 2.49. The van der Waals surface area contributed by atoms with Gasteiger partial charge in [0, 0.05) is 37.0 Å². The average Bonchev–Trinajstić information content (AvgIpc) is 3.22. The fourth-order valence-corrected chi connectivity index (χ4v) is 4.84. The number of rotatable bonds is 7. The van der Waals surface area contributed by atoms with Crippen LogP contribution in [-0.2, 0) is 11.3 Å². The Bertz CT molecular complexity index is 641. The van der Waals surface area contributed by atoms with Crippen LogP contribution in [0.15, 0.2) is 24.3 Å². The molecule has 0 spiro atoms. The van der Waals surface area contributed by atoms with Crippen LogP contribution in [0.1, 0.15) is 37.7 Å². The summed E-state index contributed by atoms with van der Waals surface area (Å²) < 4.78 is 0. The van der Waals surface area contributed by atoms with Crippen molar-refractivity contribution in [2.45, 2.75) is 50.7 Å². The van der Waals surface area contributed by atoms with Crippen LogP contribution < -0.4 is 11.1 Å². The molecule has 8 heteroatoms. The highest BCUT2D eigenvalue weighted by atomic mass is 32.2. The maximum absolute atomic E-state index is 12.3. The summed E-state index contributed by atoms with van der Waals surface area (Å²) in [5.41, 5.74) is 7.34. The van der Waals surface area contributed by atoms with Gasteiger partial charge in [-0.15, -0.1) is 11.8 Å². The van der Waals surface area contributed by atoms with Crippen molar-refractivity contribution in [1.82, 2.24) is 10.2 Å². The van der Waals surface area contributed by atoms with Gasteiger partial charge in [-0.1, -0.05) is 12.1 Å². The van der Waals surface area contributed by atoms with E-state index in [1.807, 2.05) is 4.90 Å². The number of thioether (sulfide) groups is 1. The van der Waals surface area contributed by atoms with Crippen molar-refractivity contribution in [3.05, 3.63) is 39.9 Å². The molecule has 1 heterocycles. The largest absolute Gasteiger partial charge is 0.331 e. The van der Waals surface area contributed by atoms with Gasteiger partial charge in [0.05, 0.1) is 16.8 Å². The van der Waals surface area contributed by atoms with E-state index >= 15 is 0 Å². The Hall–Kier alpha value is -1.64. The lowest BCUT2D eigenvalue weighted by molar-refractivity contribution is -0.384. The van der Waals surface area contributed by atoms with Gasteiger partial charge in [0.1, 0.15) is 0 Å². The van der Waals surface area contributed by atoms with Gasteiger partial charge in [-0.25, -0.2) is 0 Å². The Kier molecular flexibility index (Phi) is 7.09. The molecule has 7 nitrogen and oxygen atoms in total. The second-order valence-electron chi connectivity index (χ2n) is 7.50. The standard InChI is InChI=1S/C19H28N4O3S/c20-18(19(24)22-9-10-27-13-22)11-14-1-5-16(6-2-14)21-12-15-3-7-17(8-4-15)23(25)26/h3-4,7-8,14,16,18,21H,1-2,5-6,9-13,20H2/t14?,16?,18-/m0/s1. The smallest absolute Gasteiger partial charge is 0.269 e. The van der Waals surface area contributed by atoms with Gasteiger partial charge in [0.15, 0.2) is 0 Å². The van der Waals surface area contributed by atoms with Gasteiger partial charge in [-0.3, -0.25) is 14.9 Å². The van der Waals surface area contributed by atoms with Gasteiger partial charge >= 0.3 is 0 Å². The highest BCUT2D eigenvalue weighted by Gasteiger charge is 2.28. The zero-order chi connectivity index (χ0) is 19.2. The number of nitrogens with two attached hydrogens (primary N) is 1. The van der Waals surface area contributed by atoms with Crippen LogP contribution in [0.25, 0.3) is 0 Å². The molecular formula is C19H28N4O3S. The summed E-state index contributed by atoms with van der Waals surface area (Å²) in [6.07, 6.45) is 5.13. The second kappa shape index (κ2) is 9.52. The first-order valence-corrected chi connectivity index (χ1v) is 10.8. The highest BCUT2D eigenvalue weighted by molar-refractivity contribution is 7.99. The van der Waals surface area contributed by atoms with Crippen LogP contribution in [0.4, 0.5) is 5.69 Å². The van der Waals surface area contributed by atoms with E-state index in [4.69, 9.17) is 5.73 Å². The number of hydrogen-bond acceptors (Lipinski definition) is 6. The zero-order valence-corrected chi connectivity index (χ0v) is 16.3. The first-order valence-electron chi connectivity index (χ1n) is 9.61. The molecule has 0 unspecified atom stereocenters. The van der Waals surface area contributed by atoms with Crippen LogP contribution in [0.3, 0.4) is 0 Å². The number of nitrogens with one attached hydrogen (secondary N) is 1. The number of nitro benzene ring substituents is 1. The van der Waals surface area contributed by atoms with Gasteiger partial charge in [0.25, 0.3) is 5.69 Å². The molecule has 3 rings (SSSR count). The van der Waals surface area contributed by atoms with Crippen molar-refractivity contribution in [3.8, 4) is 0 Å². The van der Waals surface area contributed by atoms with E-state index in [1.165, 1.54) is 0 Å². The Morgan fingerprint density at radius 1 is 1.30 bits per heavy atom. The average molecular weight is 393 g/mol. The number of non-ortho nitro benzene ring substituents is 1. The maximum Gasteiger partial charge on any atom is 0.269 e. The molecule has 1 aromatic rings. The van der Waals surface area contributed by atoms with E-state index in [0.29, 0.717) is 12.0 Å². The molecule has 1 atom stereocenters. The Labute approximate surface area is 164 Å². The molecule has 148 valence electrons. The van der Waals surface area contributed by atoms with Gasteiger partial charge in [-0.05, 0) is 43.6 Å². The molecule has 1 aliphatic carbocycles. The summed E-state index contributed by atoms with van der Waals surface area (Å²) in [6.45, 7) is 1.55. The minimum atomic E-state index is -0.378. The SMILES string of the molecule is N[C@@H](CC1CCC(NCc2ccc([N+](=O)[O-])cc2)CC1)C(=O)N1CCSC1. The van der Waals surface area contributed by atoms with Crippen LogP contribution >= 0.6 is 11.8 Å². The third-order valence-electron chi connectivity index (χ3n) is 5.56. The number of amides is 1. The monoisotopic (exact) mass is 392 g/mol. The summed E-state index contributed by atoms with van der Waals surface area (Å²) in [5.74, 6) is 2.44. The van der Waals surface area contributed by atoms with Crippen LogP contribution in [-0.4, -0.2) is 46.0 Å². The molecule has 1 amide bonds. The third kappa shape index (κ3) is 5.67. The van der Waals surface area contributed by atoms with Crippen LogP contribution in [0, 0.1) is 16.0 Å². The van der Waals surface area contributed by atoms with E-state index in [1.54, 1.807) is 36.0 Å². The Balaban J connectivity index is 1.37. The summed E-state index contributed by atoms with van der Waals surface area (Å²) in [6, 6.07) is 6.79. The van der Waals surface area contributed by atoms with Crippen LogP contribution in [0.5, 0.6) is 0 Å². The molecule has 3 N–H and O–H groups in total. The molecule has 0 bridgehead atoms. The molecule has 1 saturated heterocycles. The molecule has 1 aromatic carbocycles. The molecule has 1 aliphatic heterocycles. The first-order chi connectivity index (χ1) is 13.0. The minimum absolute atomic E-state index is 0.110. The molecule has 1 saturated carbocycles. The first kappa shape index (κ1) is 20.1. The predicted molar refractivity (Wildman–Crippen MR) is 107 cm³/mol. The fourth-order valence-electron chi connectivity index (χ4n) is 3.88. The Morgan fingerprint density at radius 2 is 2.00 bits per heavy atom. The van der Waals surface area contributed by atoms with Gasteiger partial charge in [-0.2, -0.15) is 0 Å². The molecule has 27 heavy (non-hydrogen) atoms. The Morgan fingerprint density at radius 3 is 2.59 bits per heavy atom. The molecule has 0 radical (unpaired) electrons. The van der Waals surface area contributed by atoms with Crippen molar-refractivity contribution in [3.63, 3.8) is 0 Å². The van der Waals surface area contributed by atoms with Crippen molar-refractivity contribution >= 4 is 23.4 Å². The zero-order valence-electron chi connectivity index (χ0n) is 15.5. The molecule has 2 fully saturated rings. The molecule has 0 aromatic heterocycles. The van der Waals surface area contributed by atoms with E-state index in [-0.39, 0.29) is 22.6 Å². The summed E-state index contributed by atoms with van der Waals surface area (Å²) >= 11 is 1.79. The molecular weight excluding hydrogens is 364 g/mol. The van der Waals surface area contributed by atoms with Gasteiger partial charge < -0.3 is 16.0 Å². The number of carbonyl (C=O) groups excluding carboxylic acids is 1. The van der Waals surface area contributed by atoms with Crippen molar-refractivity contribution < 1.29 is 9.72 Å². The summed E-state index contributed by atoms with van der Waals surface area (Å²) in [4.78, 5) is 24.5. The van der Waals surface area contributed by atoms with Crippen molar-refractivity contribution in [2.75, 3.05) is 18.2 Å². The van der Waals surface area contributed by atoms with Crippen LogP contribution in [0.2, 0.25) is 0 Å². The number of hydrogen-bond donors (Lipinski definition) is 2.